The van der Waals surface area contributed by atoms with Gasteiger partial charge < -0.3 is 24.4 Å². The van der Waals surface area contributed by atoms with Crippen LogP contribution in [0.15, 0.2) is 24.3 Å². The van der Waals surface area contributed by atoms with E-state index in [0.717, 1.165) is 48.8 Å². The first-order valence-corrected chi connectivity index (χ1v) is 11.4. The summed E-state index contributed by atoms with van der Waals surface area (Å²) in [5, 5.41) is 4.35. The molecule has 178 valence electrons. The standard InChI is InChI=1S/C23H33N3O3.C2H6O/c1-16(2)26(18-9-6-11-24-15-18)23(27)20-14-21(29-13-7-12-28-4)19-10-5-8-17(3)22(19)25-20;1-3-2/h5,8,10,14,16,18,24H,6-7,9,11-13,15H2,1-4H3;1-2H3/t18-;/m1./s1. The lowest BCUT2D eigenvalue weighted by molar-refractivity contribution is 0.0567. The Morgan fingerprint density at radius 3 is 2.62 bits per heavy atom. The van der Waals surface area contributed by atoms with Crippen LogP contribution in [0.2, 0.25) is 0 Å². The number of pyridine rings is 1. The Morgan fingerprint density at radius 2 is 2.00 bits per heavy atom. The Morgan fingerprint density at radius 1 is 1.25 bits per heavy atom. The average Bonchev–Trinajstić information content (AvgIpc) is 2.78. The van der Waals surface area contributed by atoms with Gasteiger partial charge in [0, 0.05) is 64.4 Å². The zero-order valence-corrected chi connectivity index (χ0v) is 20.4. The minimum atomic E-state index is -0.0272. The van der Waals surface area contributed by atoms with E-state index >= 15 is 0 Å². The summed E-state index contributed by atoms with van der Waals surface area (Å²) >= 11 is 0. The molecule has 1 aliphatic rings. The maximum absolute atomic E-state index is 13.5. The van der Waals surface area contributed by atoms with Crippen LogP contribution >= 0.6 is 0 Å². The number of carbonyl (C=O) groups is 1. The van der Waals surface area contributed by atoms with E-state index in [4.69, 9.17) is 14.5 Å². The number of amides is 1. The molecule has 1 aromatic carbocycles. The van der Waals surface area contributed by atoms with Crippen LogP contribution in [0.4, 0.5) is 0 Å². The summed E-state index contributed by atoms with van der Waals surface area (Å²) in [5.74, 6) is 0.684. The molecule has 1 saturated heterocycles. The smallest absolute Gasteiger partial charge is 0.273 e. The second-order valence-corrected chi connectivity index (χ2v) is 8.39. The van der Waals surface area contributed by atoms with Gasteiger partial charge in [-0.2, -0.15) is 0 Å². The highest BCUT2D eigenvalue weighted by Crippen LogP contribution is 2.29. The minimum absolute atomic E-state index is 0.0272. The van der Waals surface area contributed by atoms with Gasteiger partial charge in [0.15, 0.2) is 0 Å². The monoisotopic (exact) mass is 445 g/mol. The van der Waals surface area contributed by atoms with E-state index in [1.165, 1.54) is 0 Å². The van der Waals surface area contributed by atoms with Crippen LogP contribution in [0, 0.1) is 6.92 Å². The highest BCUT2D eigenvalue weighted by Gasteiger charge is 2.29. The van der Waals surface area contributed by atoms with E-state index in [1.54, 1.807) is 21.3 Å². The maximum atomic E-state index is 13.5. The van der Waals surface area contributed by atoms with Crippen molar-refractivity contribution in [2.45, 2.75) is 52.1 Å². The number of aromatic nitrogens is 1. The van der Waals surface area contributed by atoms with Crippen LogP contribution in [0.25, 0.3) is 10.9 Å². The molecular weight excluding hydrogens is 406 g/mol. The largest absolute Gasteiger partial charge is 0.493 e. The van der Waals surface area contributed by atoms with Crippen LogP contribution in [0.1, 0.15) is 49.2 Å². The first kappa shape index (κ1) is 26.0. The number of methoxy groups -OCH3 is 2. The summed E-state index contributed by atoms with van der Waals surface area (Å²) in [5.41, 5.74) is 2.31. The van der Waals surface area contributed by atoms with E-state index in [9.17, 15) is 4.79 Å². The lowest BCUT2D eigenvalue weighted by Crippen LogP contribution is -2.51. The van der Waals surface area contributed by atoms with Crippen LogP contribution in [0.5, 0.6) is 5.75 Å². The van der Waals surface area contributed by atoms with Crippen molar-refractivity contribution < 1.29 is 19.0 Å². The molecule has 7 heteroatoms. The summed E-state index contributed by atoms with van der Waals surface area (Å²) in [4.78, 5) is 20.3. The number of rotatable bonds is 8. The van der Waals surface area contributed by atoms with Gasteiger partial charge in [-0.15, -0.1) is 0 Å². The summed E-state index contributed by atoms with van der Waals surface area (Å²) in [7, 11) is 4.93. The van der Waals surface area contributed by atoms with Crippen molar-refractivity contribution in [1.29, 1.82) is 0 Å². The van der Waals surface area contributed by atoms with Gasteiger partial charge in [0.25, 0.3) is 5.91 Å². The predicted octanol–water partition coefficient (Wildman–Crippen LogP) is 3.82. The molecule has 1 amide bonds. The van der Waals surface area contributed by atoms with Gasteiger partial charge in [-0.3, -0.25) is 4.79 Å². The molecule has 2 heterocycles. The predicted molar refractivity (Wildman–Crippen MR) is 129 cm³/mol. The average molecular weight is 446 g/mol. The molecule has 0 saturated carbocycles. The Labute approximate surface area is 192 Å². The molecule has 0 bridgehead atoms. The topological polar surface area (TPSA) is 72.9 Å². The van der Waals surface area contributed by atoms with Crippen LogP contribution in [0.3, 0.4) is 0 Å². The number of carbonyl (C=O) groups excluding carboxylic acids is 1. The lowest BCUT2D eigenvalue weighted by atomic mass is 10.0. The van der Waals surface area contributed by atoms with Crippen LogP contribution in [-0.2, 0) is 9.47 Å². The van der Waals surface area contributed by atoms with Gasteiger partial charge in [0.05, 0.1) is 12.1 Å². The zero-order chi connectivity index (χ0) is 23.5. The number of nitrogens with zero attached hydrogens (tertiary/aromatic N) is 2. The second kappa shape index (κ2) is 13.4. The fraction of sp³-hybridized carbons (Fsp3) is 0.600. The molecule has 1 N–H and O–H groups in total. The van der Waals surface area contributed by atoms with Gasteiger partial charge in [-0.25, -0.2) is 4.98 Å². The summed E-state index contributed by atoms with van der Waals surface area (Å²) in [6.07, 6.45) is 2.89. The fourth-order valence-corrected chi connectivity index (χ4v) is 4.00. The molecule has 0 radical (unpaired) electrons. The highest BCUT2D eigenvalue weighted by molar-refractivity contribution is 5.98. The maximum Gasteiger partial charge on any atom is 0.273 e. The molecular formula is C25H39N3O4. The third-order valence-electron chi connectivity index (χ3n) is 5.43. The quantitative estimate of drug-likeness (QED) is 0.623. The summed E-state index contributed by atoms with van der Waals surface area (Å²) in [6, 6.07) is 8.12. The zero-order valence-electron chi connectivity index (χ0n) is 20.4. The van der Waals surface area contributed by atoms with E-state index in [2.05, 4.69) is 23.9 Å². The van der Waals surface area contributed by atoms with E-state index in [0.29, 0.717) is 24.7 Å². The normalized spacial score (nSPS) is 15.9. The van der Waals surface area contributed by atoms with E-state index in [-0.39, 0.29) is 18.0 Å². The van der Waals surface area contributed by atoms with Crippen molar-refractivity contribution in [3.05, 3.63) is 35.5 Å². The number of ether oxygens (including phenoxy) is 3. The number of aryl methyl sites for hydroxylation is 1. The molecule has 1 atom stereocenters. The molecule has 1 aliphatic heterocycles. The molecule has 0 spiro atoms. The first-order chi connectivity index (χ1) is 15.4. The minimum Gasteiger partial charge on any atom is -0.493 e. The molecule has 2 aromatic rings. The molecule has 1 fully saturated rings. The lowest BCUT2D eigenvalue weighted by Gasteiger charge is -2.37. The number of hydrogen-bond acceptors (Lipinski definition) is 6. The number of para-hydroxylation sites is 1. The third-order valence-corrected chi connectivity index (χ3v) is 5.43. The number of hydrogen-bond donors (Lipinski definition) is 1. The van der Waals surface area contributed by atoms with Gasteiger partial charge in [0.2, 0.25) is 0 Å². The van der Waals surface area contributed by atoms with Crippen LogP contribution < -0.4 is 10.1 Å². The van der Waals surface area contributed by atoms with Crippen molar-refractivity contribution >= 4 is 16.8 Å². The summed E-state index contributed by atoms with van der Waals surface area (Å²) < 4.78 is 15.4. The van der Waals surface area contributed by atoms with Gasteiger partial charge in [-0.05, 0) is 51.8 Å². The molecule has 0 aliphatic carbocycles. The van der Waals surface area contributed by atoms with Crippen molar-refractivity contribution in [1.82, 2.24) is 15.2 Å². The summed E-state index contributed by atoms with van der Waals surface area (Å²) in [6.45, 7) is 9.19. The number of piperidine rings is 1. The van der Waals surface area contributed by atoms with Crippen molar-refractivity contribution in [3.8, 4) is 5.75 Å². The third kappa shape index (κ3) is 6.89. The molecule has 3 rings (SSSR count). The molecule has 7 nitrogen and oxygen atoms in total. The molecule has 1 aromatic heterocycles. The number of benzene rings is 1. The number of fused-ring (bicyclic) bond motifs is 1. The Kier molecular flexibility index (Phi) is 10.9. The molecule has 32 heavy (non-hydrogen) atoms. The molecule has 0 unspecified atom stereocenters. The van der Waals surface area contributed by atoms with Gasteiger partial charge in [-0.1, -0.05) is 12.1 Å². The van der Waals surface area contributed by atoms with E-state index < -0.39 is 0 Å². The van der Waals surface area contributed by atoms with Crippen LogP contribution in [-0.4, -0.2) is 75.5 Å². The Hall–Kier alpha value is -2.22. The SMILES string of the molecule is COC.COCCCOc1cc(C(=O)N(C(C)C)[C@@H]2CCCNC2)nc2c(C)cccc12. The first-order valence-electron chi connectivity index (χ1n) is 11.4. The van der Waals surface area contributed by atoms with Crippen molar-refractivity contribution in [2.75, 3.05) is 47.6 Å². The fourth-order valence-electron chi connectivity index (χ4n) is 4.00. The Bertz CT molecular complexity index is 850. The van der Waals surface area contributed by atoms with Gasteiger partial charge >= 0.3 is 0 Å². The van der Waals surface area contributed by atoms with Crippen molar-refractivity contribution in [2.24, 2.45) is 0 Å². The van der Waals surface area contributed by atoms with E-state index in [1.807, 2.05) is 36.1 Å². The Balaban J connectivity index is 0.00000114. The van der Waals surface area contributed by atoms with Crippen molar-refractivity contribution in [3.63, 3.8) is 0 Å². The number of nitrogens with one attached hydrogen (secondary N) is 1. The second-order valence-electron chi connectivity index (χ2n) is 8.39. The highest BCUT2D eigenvalue weighted by atomic mass is 16.5. The van der Waals surface area contributed by atoms with Gasteiger partial charge in [0.1, 0.15) is 11.4 Å².